The van der Waals surface area contributed by atoms with E-state index in [0.717, 1.165) is 45.7 Å². The number of aromatic nitrogens is 1. The highest BCUT2D eigenvalue weighted by Gasteiger charge is 2.24. The van der Waals surface area contributed by atoms with Crippen LogP contribution in [0.25, 0.3) is 10.8 Å². The normalized spacial score (nSPS) is 17.6. The quantitative estimate of drug-likeness (QED) is 0.250. The van der Waals surface area contributed by atoms with Crippen molar-refractivity contribution in [3.8, 4) is 0 Å². The molecule has 2 aromatic heterocycles. The minimum atomic E-state index is 0.393. The van der Waals surface area contributed by atoms with E-state index in [1.807, 2.05) is 23.6 Å². The maximum absolute atomic E-state index is 4.63. The first-order chi connectivity index (χ1) is 17.8. The summed E-state index contributed by atoms with van der Waals surface area (Å²) in [7, 11) is 2.29. The second-order valence-corrected chi connectivity index (χ2v) is 10.9. The number of pyridine rings is 1. The third-order valence-corrected chi connectivity index (χ3v) is 8.49. The van der Waals surface area contributed by atoms with E-state index in [1.165, 1.54) is 39.7 Å². The Bertz CT molecular complexity index is 1190. The van der Waals surface area contributed by atoms with Crippen molar-refractivity contribution in [2.45, 2.75) is 31.2 Å². The van der Waals surface area contributed by atoms with Crippen molar-refractivity contribution in [3.63, 3.8) is 0 Å². The van der Waals surface area contributed by atoms with Crippen molar-refractivity contribution in [1.29, 1.82) is 0 Å². The molecule has 188 valence electrons. The van der Waals surface area contributed by atoms with Gasteiger partial charge >= 0.3 is 0 Å². The van der Waals surface area contributed by atoms with Gasteiger partial charge in [-0.1, -0.05) is 54.6 Å². The van der Waals surface area contributed by atoms with E-state index in [9.17, 15) is 0 Å². The van der Waals surface area contributed by atoms with Crippen LogP contribution in [-0.4, -0.2) is 61.1 Å². The molecule has 1 saturated heterocycles. The van der Waals surface area contributed by atoms with Crippen LogP contribution in [0.5, 0.6) is 0 Å². The van der Waals surface area contributed by atoms with Gasteiger partial charge in [0.2, 0.25) is 0 Å². The molecule has 1 N–H and O–H groups in total. The number of nitrogens with one attached hydrogen (secondary N) is 1. The average Bonchev–Trinajstić information content (AvgIpc) is 3.47. The molecular formula is C31H38N4S. The van der Waals surface area contributed by atoms with Gasteiger partial charge in [-0.2, -0.15) is 0 Å². The Morgan fingerprint density at radius 1 is 1.00 bits per heavy atom. The van der Waals surface area contributed by atoms with Crippen LogP contribution in [0.15, 0.2) is 84.4 Å². The van der Waals surface area contributed by atoms with Crippen LogP contribution in [0.3, 0.4) is 0 Å². The maximum atomic E-state index is 4.63. The molecule has 0 spiro atoms. The van der Waals surface area contributed by atoms with Crippen molar-refractivity contribution in [1.82, 2.24) is 20.1 Å². The van der Waals surface area contributed by atoms with Gasteiger partial charge in [0.25, 0.3) is 0 Å². The first-order valence-electron chi connectivity index (χ1n) is 13.3. The summed E-state index contributed by atoms with van der Waals surface area (Å²) in [5, 5.41) is 8.48. The van der Waals surface area contributed by atoms with Gasteiger partial charge in [-0.05, 0) is 85.9 Å². The zero-order chi connectivity index (χ0) is 24.6. The lowest BCUT2D eigenvalue weighted by molar-refractivity contribution is 0.154. The van der Waals surface area contributed by atoms with Gasteiger partial charge in [0.1, 0.15) is 0 Å². The highest BCUT2D eigenvalue weighted by Crippen LogP contribution is 2.35. The van der Waals surface area contributed by atoms with Crippen LogP contribution in [0, 0.1) is 0 Å². The monoisotopic (exact) mass is 498 g/mol. The molecule has 0 saturated carbocycles. The minimum Gasteiger partial charge on any atom is -0.313 e. The highest BCUT2D eigenvalue weighted by atomic mass is 32.1. The van der Waals surface area contributed by atoms with Crippen LogP contribution < -0.4 is 5.32 Å². The number of hydrogen-bond donors (Lipinski definition) is 1. The third kappa shape index (κ3) is 6.22. The standard InChI is InChI=1S/C31H38N4S/c1-34(19-6-7-20-35-22-18-32-24-30(35)29-14-4-5-17-33-29)21-16-28(31-15-9-23-36-31)27-13-8-11-25-10-2-3-12-26(25)27/h2-5,8-15,17,23,28,30,32H,6-7,16,18-22,24H2,1H3. The lowest BCUT2D eigenvalue weighted by atomic mass is 9.89. The summed E-state index contributed by atoms with van der Waals surface area (Å²) in [6.07, 6.45) is 5.52. The summed E-state index contributed by atoms with van der Waals surface area (Å²) in [4.78, 5) is 11.2. The smallest absolute Gasteiger partial charge is 0.0647 e. The fraction of sp³-hybridized carbons (Fsp3) is 0.387. The summed E-state index contributed by atoms with van der Waals surface area (Å²) in [5.74, 6) is 0.443. The Labute approximate surface area is 220 Å². The van der Waals surface area contributed by atoms with Crippen molar-refractivity contribution in [2.75, 3.05) is 46.3 Å². The Balaban J connectivity index is 1.14. The number of rotatable bonds is 11. The molecule has 1 aliphatic heterocycles. The predicted octanol–water partition coefficient (Wildman–Crippen LogP) is 6.18. The Morgan fingerprint density at radius 3 is 2.75 bits per heavy atom. The van der Waals surface area contributed by atoms with E-state index in [1.54, 1.807) is 0 Å². The second kappa shape index (κ2) is 12.6. The van der Waals surface area contributed by atoms with Gasteiger partial charge in [0.05, 0.1) is 11.7 Å². The van der Waals surface area contributed by atoms with Gasteiger partial charge in [0.15, 0.2) is 0 Å². The molecule has 4 aromatic rings. The average molecular weight is 499 g/mol. The molecule has 36 heavy (non-hydrogen) atoms. The van der Waals surface area contributed by atoms with Gasteiger partial charge in [-0.25, -0.2) is 0 Å². The summed E-state index contributed by atoms with van der Waals surface area (Å²) >= 11 is 1.89. The van der Waals surface area contributed by atoms with Crippen molar-refractivity contribution in [3.05, 3.63) is 101 Å². The number of thiophene rings is 1. The molecule has 1 aliphatic rings. The molecule has 3 heterocycles. The Hall–Kier alpha value is -2.57. The van der Waals surface area contributed by atoms with E-state index < -0.39 is 0 Å². The molecule has 0 amide bonds. The fourth-order valence-electron chi connectivity index (χ4n) is 5.53. The lowest BCUT2D eigenvalue weighted by Crippen LogP contribution is -2.46. The molecule has 4 nitrogen and oxygen atoms in total. The largest absolute Gasteiger partial charge is 0.313 e. The topological polar surface area (TPSA) is 31.4 Å². The number of fused-ring (bicyclic) bond motifs is 1. The second-order valence-electron chi connectivity index (χ2n) is 9.95. The SMILES string of the molecule is CN(CCCCN1CCNCC1c1ccccn1)CCC(c1cccs1)c1cccc2ccccc12. The summed E-state index contributed by atoms with van der Waals surface area (Å²) < 4.78 is 0. The lowest BCUT2D eigenvalue weighted by Gasteiger charge is -2.36. The zero-order valence-electron chi connectivity index (χ0n) is 21.4. The van der Waals surface area contributed by atoms with Crippen LogP contribution in [-0.2, 0) is 0 Å². The van der Waals surface area contributed by atoms with Crippen molar-refractivity contribution >= 4 is 22.1 Å². The van der Waals surface area contributed by atoms with Gasteiger partial charge < -0.3 is 10.2 Å². The Kier molecular flexibility index (Phi) is 8.78. The number of piperazine rings is 1. The molecule has 2 aromatic carbocycles. The summed E-state index contributed by atoms with van der Waals surface area (Å²) in [6, 6.07) is 26.8. The van der Waals surface area contributed by atoms with E-state index in [-0.39, 0.29) is 0 Å². The molecule has 0 radical (unpaired) electrons. The molecule has 5 heteroatoms. The van der Waals surface area contributed by atoms with E-state index in [2.05, 4.69) is 99.3 Å². The molecule has 2 atom stereocenters. The molecule has 0 bridgehead atoms. The third-order valence-electron chi connectivity index (χ3n) is 7.50. The fourth-order valence-corrected chi connectivity index (χ4v) is 6.41. The van der Waals surface area contributed by atoms with E-state index in [0.29, 0.717) is 12.0 Å². The van der Waals surface area contributed by atoms with Gasteiger partial charge in [-0.3, -0.25) is 9.88 Å². The van der Waals surface area contributed by atoms with Crippen LogP contribution in [0.2, 0.25) is 0 Å². The number of unbranched alkanes of at least 4 members (excludes halogenated alkanes) is 1. The van der Waals surface area contributed by atoms with Crippen LogP contribution in [0.4, 0.5) is 0 Å². The molecular weight excluding hydrogens is 460 g/mol. The number of nitrogens with zero attached hydrogens (tertiary/aromatic N) is 3. The highest BCUT2D eigenvalue weighted by molar-refractivity contribution is 7.10. The molecule has 2 unspecified atom stereocenters. The maximum Gasteiger partial charge on any atom is 0.0647 e. The van der Waals surface area contributed by atoms with Gasteiger partial charge in [0, 0.05) is 36.6 Å². The van der Waals surface area contributed by atoms with E-state index >= 15 is 0 Å². The first kappa shape index (κ1) is 25.1. The minimum absolute atomic E-state index is 0.393. The summed E-state index contributed by atoms with van der Waals surface area (Å²) in [5.41, 5.74) is 2.65. The van der Waals surface area contributed by atoms with Crippen molar-refractivity contribution in [2.24, 2.45) is 0 Å². The summed E-state index contributed by atoms with van der Waals surface area (Å²) in [6.45, 7) is 6.56. The first-order valence-corrected chi connectivity index (χ1v) is 14.2. The molecule has 1 fully saturated rings. The van der Waals surface area contributed by atoms with Crippen LogP contribution in [0.1, 0.15) is 47.4 Å². The van der Waals surface area contributed by atoms with Crippen molar-refractivity contribution < 1.29 is 0 Å². The Morgan fingerprint density at radius 2 is 1.89 bits per heavy atom. The predicted molar refractivity (Wildman–Crippen MR) is 153 cm³/mol. The molecule has 0 aliphatic carbocycles. The van der Waals surface area contributed by atoms with E-state index in [4.69, 9.17) is 0 Å². The number of benzene rings is 2. The number of hydrogen-bond acceptors (Lipinski definition) is 5. The van der Waals surface area contributed by atoms with Gasteiger partial charge in [-0.15, -0.1) is 11.3 Å². The zero-order valence-corrected chi connectivity index (χ0v) is 22.2. The van der Waals surface area contributed by atoms with Crippen LogP contribution >= 0.6 is 11.3 Å². The molecule has 5 rings (SSSR count).